The van der Waals surface area contributed by atoms with Crippen LogP contribution in [0.4, 0.5) is 10.5 Å². The van der Waals surface area contributed by atoms with Crippen LogP contribution >= 0.6 is 0 Å². The normalized spacial score (nSPS) is 14.6. The predicted molar refractivity (Wildman–Crippen MR) is 146 cm³/mol. The van der Waals surface area contributed by atoms with Crippen molar-refractivity contribution in [1.82, 2.24) is 19.2 Å². The molecule has 0 spiro atoms. The van der Waals surface area contributed by atoms with Gasteiger partial charge in [0.05, 0.1) is 29.7 Å². The molecule has 0 saturated carbocycles. The van der Waals surface area contributed by atoms with Crippen molar-refractivity contribution in [1.29, 1.82) is 0 Å². The van der Waals surface area contributed by atoms with Crippen LogP contribution in [0.25, 0.3) is 11.5 Å². The van der Waals surface area contributed by atoms with E-state index in [-0.39, 0.29) is 12.1 Å². The van der Waals surface area contributed by atoms with Crippen LogP contribution in [-0.2, 0) is 6.54 Å². The number of fused-ring (bicyclic) bond motifs is 3. The number of carbonyl (C=O) groups is 1. The second-order valence-electron chi connectivity index (χ2n) is 9.61. The molecule has 6 rings (SSSR count). The fourth-order valence-electron chi connectivity index (χ4n) is 5.15. The van der Waals surface area contributed by atoms with Crippen molar-refractivity contribution < 1.29 is 4.79 Å². The Morgan fingerprint density at radius 2 is 1.59 bits per heavy atom. The molecule has 0 bridgehead atoms. The van der Waals surface area contributed by atoms with E-state index in [1.54, 1.807) is 0 Å². The number of nitrogens with zero attached hydrogens (tertiary/aromatic N) is 4. The van der Waals surface area contributed by atoms with Gasteiger partial charge in [0.1, 0.15) is 5.82 Å². The van der Waals surface area contributed by atoms with Crippen LogP contribution in [0, 0.1) is 20.8 Å². The smallest absolute Gasteiger partial charge is 0.308 e. The number of aryl methyl sites for hydroxylation is 3. The van der Waals surface area contributed by atoms with E-state index in [0.29, 0.717) is 6.54 Å². The standard InChI is InChI=1S/C31H29N5O/c1-21-16-17-25(19-22(21)2)32-31(37)35-20-27-23(3)33-36(26-13-8-5-9-14-26)30(27)34-18-10-15-28(34)29(35)24-11-6-4-7-12-24/h4-19,29H,20H2,1-3H3,(H,32,37). The van der Waals surface area contributed by atoms with Gasteiger partial charge in [-0.1, -0.05) is 54.6 Å². The van der Waals surface area contributed by atoms with Crippen LogP contribution in [0.15, 0.2) is 97.2 Å². The van der Waals surface area contributed by atoms with Gasteiger partial charge in [-0.15, -0.1) is 0 Å². The van der Waals surface area contributed by atoms with Crippen molar-refractivity contribution in [3.05, 3.63) is 131 Å². The Morgan fingerprint density at radius 3 is 2.32 bits per heavy atom. The molecule has 0 fully saturated rings. The number of urea groups is 1. The van der Waals surface area contributed by atoms with Crippen LogP contribution in [0.2, 0.25) is 0 Å². The summed E-state index contributed by atoms with van der Waals surface area (Å²) in [7, 11) is 0. The molecule has 5 aromatic rings. The van der Waals surface area contributed by atoms with E-state index in [9.17, 15) is 4.79 Å². The lowest BCUT2D eigenvalue weighted by molar-refractivity contribution is 0.194. The third kappa shape index (κ3) is 4.00. The minimum absolute atomic E-state index is 0.149. The molecule has 2 amide bonds. The van der Waals surface area contributed by atoms with Gasteiger partial charge in [-0.25, -0.2) is 9.48 Å². The molecule has 37 heavy (non-hydrogen) atoms. The summed E-state index contributed by atoms with van der Waals surface area (Å²) in [6.07, 6.45) is 2.06. The van der Waals surface area contributed by atoms with Gasteiger partial charge in [-0.05, 0) is 73.9 Å². The van der Waals surface area contributed by atoms with Crippen LogP contribution in [0.5, 0.6) is 0 Å². The number of aromatic nitrogens is 3. The fraction of sp³-hybridized carbons (Fsp3) is 0.161. The molecule has 1 unspecified atom stereocenters. The van der Waals surface area contributed by atoms with Gasteiger partial charge in [-0.3, -0.25) is 0 Å². The van der Waals surface area contributed by atoms with Crippen molar-refractivity contribution in [2.75, 3.05) is 5.32 Å². The van der Waals surface area contributed by atoms with Gasteiger partial charge < -0.3 is 14.8 Å². The summed E-state index contributed by atoms with van der Waals surface area (Å²) in [4.78, 5) is 15.9. The van der Waals surface area contributed by atoms with Crippen LogP contribution in [0.1, 0.15) is 39.7 Å². The van der Waals surface area contributed by atoms with Gasteiger partial charge in [0.25, 0.3) is 0 Å². The molecule has 0 aliphatic carbocycles. The highest BCUT2D eigenvalue weighted by molar-refractivity contribution is 5.90. The zero-order valence-electron chi connectivity index (χ0n) is 21.2. The van der Waals surface area contributed by atoms with E-state index >= 15 is 0 Å². The minimum atomic E-state index is -0.279. The molecule has 6 nitrogen and oxygen atoms in total. The Hall–Kier alpha value is -4.58. The third-order valence-electron chi connectivity index (χ3n) is 7.22. The van der Waals surface area contributed by atoms with Crippen molar-refractivity contribution in [3.63, 3.8) is 0 Å². The molecule has 0 saturated heterocycles. The maximum absolute atomic E-state index is 14.0. The Balaban J connectivity index is 1.52. The molecule has 3 aromatic carbocycles. The minimum Gasteiger partial charge on any atom is -0.308 e. The quantitative estimate of drug-likeness (QED) is 0.307. The molecule has 6 heteroatoms. The SMILES string of the molecule is Cc1ccc(NC(=O)N2Cc3c(C)nn(-c4ccccc4)c3-n3cccc3C2c2ccccc2)cc1C. The van der Waals surface area contributed by atoms with Crippen LogP contribution in [0.3, 0.4) is 0 Å². The average Bonchev–Trinajstić information content (AvgIpc) is 3.47. The summed E-state index contributed by atoms with van der Waals surface area (Å²) < 4.78 is 4.17. The third-order valence-corrected chi connectivity index (χ3v) is 7.22. The van der Waals surface area contributed by atoms with Gasteiger partial charge in [-0.2, -0.15) is 5.10 Å². The van der Waals surface area contributed by atoms with E-state index in [1.807, 2.05) is 77.2 Å². The molecule has 184 valence electrons. The van der Waals surface area contributed by atoms with E-state index < -0.39 is 0 Å². The van der Waals surface area contributed by atoms with E-state index in [2.05, 4.69) is 60.3 Å². The molecule has 1 aliphatic rings. The number of rotatable bonds is 3. The first-order chi connectivity index (χ1) is 18.0. The van der Waals surface area contributed by atoms with Crippen LogP contribution < -0.4 is 5.32 Å². The Morgan fingerprint density at radius 1 is 0.865 bits per heavy atom. The van der Waals surface area contributed by atoms with Crippen molar-refractivity contribution >= 4 is 11.7 Å². The predicted octanol–water partition coefficient (Wildman–Crippen LogP) is 6.73. The van der Waals surface area contributed by atoms with Crippen molar-refractivity contribution in [2.45, 2.75) is 33.4 Å². The average molecular weight is 488 g/mol. The van der Waals surface area contributed by atoms with Gasteiger partial charge in [0, 0.05) is 17.4 Å². The van der Waals surface area contributed by atoms with E-state index in [1.165, 1.54) is 5.56 Å². The Labute approximate surface area is 216 Å². The van der Waals surface area contributed by atoms with Gasteiger partial charge in [0.2, 0.25) is 0 Å². The van der Waals surface area contributed by atoms with Crippen LogP contribution in [-0.4, -0.2) is 25.3 Å². The summed E-state index contributed by atoms with van der Waals surface area (Å²) in [6, 6.07) is 30.1. The highest BCUT2D eigenvalue weighted by atomic mass is 16.2. The van der Waals surface area contributed by atoms with Gasteiger partial charge >= 0.3 is 6.03 Å². The number of carbonyl (C=O) groups excluding carboxylic acids is 1. The summed E-state index contributed by atoms with van der Waals surface area (Å²) in [5, 5.41) is 8.09. The molecule has 2 aromatic heterocycles. The zero-order valence-corrected chi connectivity index (χ0v) is 21.2. The number of benzene rings is 3. The molecule has 1 aliphatic heterocycles. The van der Waals surface area contributed by atoms with Gasteiger partial charge in [0.15, 0.2) is 0 Å². The number of hydrogen-bond acceptors (Lipinski definition) is 2. The highest BCUT2D eigenvalue weighted by Gasteiger charge is 2.36. The zero-order chi connectivity index (χ0) is 25.5. The summed E-state index contributed by atoms with van der Waals surface area (Å²) in [5.41, 5.74) is 8.10. The summed E-state index contributed by atoms with van der Waals surface area (Å²) in [6.45, 7) is 6.57. The molecule has 0 radical (unpaired) electrons. The lowest BCUT2D eigenvalue weighted by atomic mass is 10.0. The number of para-hydroxylation sites is 1. The topological polar surface area (TPSA) is 55.1 Å². The number of hydrogen-bond donors (Lipinski definition) is 1. The lowest BCUT2D eigenvalue weighted by Crippen LogP contribution is -2.38. The number of amides is 2. The maximum Gasteiger partial charge on any atom is 0.322 e. The van der Waals surface area contributed by atoms with E-state index in [4.69, 9.17) is 5.10 Å². The molecule has 1 atom stereocenters. The Bertz CT molecular complexity index is 1580. The lowest BCUT2D eigenvalue weighted by Gasteiger charge is -2.31. The number of anilines is 1. The highest BCUT2D eigenvalue weighted by Crippen LogP contribution is 2.38. The molecular weight excluding hydrogens is 458 g/mol. The number of nitrogens with one attached hydrogen (secondary N) is 1. The van der Waals surface area contributed by atoms with Crippen molar-refractivity contribution in [3.8, 4) is 11.5 Å². The molecule has 1 N–H and O–H groups in total. The maximum atomic E-state index is 14.0. The second-order valence-corrected chi connectivity index (χ2v) is 9.61. The largest absolute Gasteiger partial charge is 0.322 e. The first kappa shape index (κ1) is 22.9. The monoisotopic (exact) mass is 487 g/mol. The summed E-state index contributed by atoms with van der Waals surface area (Å²) in [5.74, 6) is 0.964. The fourth-order valence-corrected chi connectivity index (χ4v) is 5.15. The molecular formula is C31H29N5O. The van der Waals surface area contributed by atoms with Crippen molar-refractivity contribution in [2.24, 2.45) is 0 Å². The molecule has 3 heterocycles. The second kappa shape index (κ2) is 9.13. The first-order valence-corrected chi connectivity index (χ1v) is 12.5. The Kier molecular flexibility index (Phi) is 5.64. The first-order valence-electron chi connectivity index (χ1n) is 12.5. The van der Waals surface area contributed by atoms with E-state index in [0.717, 1.165) is 45.3 Å². The summed E-state index contributed by atoms with van der Waals surface area (Å²) >= 11 is 0.